The molecule has 100 valence electrons. The summed E-state index contributed by atoms with van der Waals surface area (Å²) in [4.78, 5) is 11.6. The van der Waals surface area contributed by atoms with E-state index in [1.807, 2.05) is 32.0 Å². The minimum absolute atomic E-state index is 0.156. The van der Waals surface area contributed by atoms with Gasteiger partial charge in [0.05, 0.1) is 7.11 Å². The Bertz CT molecular complexity index is 423. The third-order valence-electron chi connectivity index (χ3n) is 2.64. The van der Waals surface area contributed by atoms with Gasteiger partial charge in [0.2, 0.25) is 0 Å². The van der Waals surface area contributed by atoms with Crippen LogP contribution in [0.4, 0.5) is 0 Å². The summed E-state index contributed by atoms with van der Waals surface area (Å²) in [6.07, 6.45) is 0. The lowest BCUT2D eigenvalue weighted by Crippen LogP contribution is -2.41. The van der Waals surface area contributed by atoms with Gasteiger partial charge in [-0.2, -0.15) is 0 Å². The van der Waals surface area contributed by atoms with Gasteiger partial charge in [-0.15, -0.1) is 0 Å². The van der Waals surface area contributed by atoms with Gasteiger partial charge in [-0.1, -0.05) is 41.4 Å². The summed E-state index contributed by atoms with van der Waals surface area (Å²) in [5, 5.41) is 3.85. The Kier molecular flexibility index (Phi) is 6.12. The second kappa shape index (κ2) is 7.12. The molecule has 3 nitrogen and oxygen atoms in total. The Labute approximate surface area is 121 Å². The van der Waals surface area contributed by atoms with Gasteiger partial charge < -0.3 is 10.1 Å². The van der Waals surface area contributed by atoms with E-state index in [1.165, 1.54) is 7.11 Å². The van der Waals surface area contributed by atoms with E-state index >= 15 is 0 Å². The maximum Gasteiger partial charge on any atom is 0.323 e. The number of halogens is 2. The van der Waals surface area contributed by atoms with Gasteiger partial charge in [0.15, 0.2) is 0 Å². The van der Waals surface area contributed by atoms with E-state index < -0.39 is 0 Å². The lowest BCUT2D eigenvalue weighted by molar-refractivity contribution is -0.144. The van der Waals surface area contributed by atoms with Crippen molar-refractivity contribution in [3.63, 3.8) is 0 Å². The molecule has 0 aliphatic rings. The van der Waals surface area contributed by atoms with E-state index in [-0.39, 0.29) is 17.9 Å². The number of benzene rings is 1. The molecule has 1 atom stereocenters. The number of methoxy groups -OCH3 is 1. The van der Waals surface area contributed by atoms with Gasteiger partial charge in [-0.3, -0.25) is 4.79 Å². The Morgan fingerprint density at radius 2 is 2.17 bits per heavy atom. The quantitative estimate of drug-likeness (QED) is 0.839. The summed E-state index contributed by atoms with van der Waals surface area (Å²) < 4.78 is 5.73. The first kappa shape index (κ1) is 15.5. The van der Waals surface area contributed by atoms with Crippen LogP contribution >= 0.6 is 27.5 Å². The largest absolute Gasteiger partial charge is 0.468 e. The number of nitrogens with one attached hydrogen (secondary N) is 1. The molecule has 0 bridgehead atoms. The predicted molar refractivity (Wildman–Crippen MR) is 76.6 cm³/mol. The fourth-order valence-electron chi connectivity index (χ4n) is 1.62. The molecule has 0 saturated heterocycles. The molecule has 0 aliphatic heterocycles. The van der Waals surface area contributed by atoms with Gasteiger partial charge in [-0.05, 0) is 29.7 Å². The Morgan fingerprint density at radius 3 is 2.72 bits per heavy atom. The van der Waals surface area contributed by atoms with Crippen LogP contribution in [0.5, 0.6) is 0 Å². The van der Waals surface area contributed by atoms with Gasteiger partial charge in [-0.25, -0.2) is 0 Å². The van der Waals surface area contributed by atoms with Crippen LogP contribution in [0.3, 0.4) is 0 Å². The average molecular weight is 335 g/mol. The van der Waals surface area contributed by atoms with Gasteiger partial charge in [0.25, 0.3) is 0 Å². The van der Waals surface area contributed by atoms with Crippen LogP contribution in [0, 0.1) is 5.92 Å². The first-order valence-corrected chi connectivity index (χ1v) is 6.88. The number of hydrogen-bond donors (Lipinski definition) is 1. The topological polar surface area (TPSA) is 38.3 Å². The van der Waals surface area contributed by atoms with Crippen molar-refractivity contribution in [3.05, 3.63) is 33.3 Å². The number of ether oxygens (including phenoxy) is 1. The summed E-state index contributed by atoms with van der Waals surface area (Å²) in [6.45, 7) is 4.46. The van der Waals surface area contributed by atoms with Crippen LogP contribution in [0.15, 0.2) is 22.7 Å². The normalized spacial score (nSPS) is 12.6. The van der Waals surface area contributed by atoms with E-state index in [0.29, 0.717) is 11.6 Å². The van der Waals surface area contributed by atoms with Gasteiger partial charge in [0, 0.05) is 16.0 Å². The lowest BCUT2D eigenvalue weighted by Gasteiger charge is -2.20. The molecule has 0 spiro atoms. The molecule has 1 unspecified atom stereocenters. The molecule has 1 N–H and O–H groups in total. The van der Waals surface area contributed by atoms with Crippen molar-refractivity contribution in [3.8, 4) is 0 Å². The number of hydrogen-bond acceptors (Lipinski definition) is 3. The maximum absolute atomic E-state index is 11.6. The van der Waals surface area contributed by atoms with Crippen molar-refractivity contribution in [1.82, 2.24) is 5.32 Å². The minimum Gasteiger partial charge on any atom is -0.468 e. The SMILES string of the molecule is COC(=O)C(NCc1cc(Br)ccc1Cl)C(C)C. The van der Waals surface area contributed by atoms with Gasteiger partial charge >= 0.3 is 5.97 Å². The zero-order valence-corrected chi connectivity index (χ0v) is 13.0. The van der Waals surface area contributed by atoms with Crippen molar-refractivity contribution in [2.24, 2.45) is 5.92 Å². The zero-order chi connectivity index (χ0) is 13.7. The molecule has 0 fully saturated rings. The average Bonchev–Trinajstić information content (AvgIpc) is 2.32. The van der Waals surface area contributed by atoms with E-state index in [2.05, 4.69) is 21.2 Å². The molecule has 0 saturated carbocycles. The third-order valence-corrected chi connectivity index (χ3v) is 3.50. The number of carbonyl (C=O) groups is 1. The maximum atomic E-state index is 11.6. The van der Waals surface area contributed by atoms with Crippen LogP contribution in [0.1, 0.15) is 19.4 Å². The first-order valence-electron chi connectivity index (χ1n) is 5.70. The molecule has 0 radical (unpaired) electrons. The molecule has 18 heavy (non-hydrogen) atoms. The van der Waals surface area contributed by atoms with E-state index in [1.54, 1.807) is 0 Å². The third kappa shape index (κ3) is 4.26. The van der Waals surface area contributed by atoms with Crippen LogP contribution in [0.2, 0.25) is 5.02 Å². The van der Waals surface area contributed by atoms with Crippen LogP contribution in [0.25, 0.3) is 0 Å². The molecule has 5 heteroatoms. The summed E-state index contributed by atoms with van der Waals surface area (Å²) in [7, 11) is 1.39. The number of rotatable bonds is 5. The van der Waals surface area contributed by atoms with Crippen molar-refractivity contribution >= 4 is 33.5 Å². The minimum atomic E-state index is -0.329. The highest BCUT2D eigenvalue weighted by atomic mass is 79.9. The fraction of sp³-hybridized carbons (Fsp3) is 0.462. The molecule has 0 amide bonds. The van der Waals surface area contributed by atoms with Crippen molar-refractivity contribution < 1.29 is 9.53 Å². The second-order valence-electron chi connectivity index (χ2n) is 4.36. The fourth-order valence-corrected chi connectivity index (χ4v) is 2.21. The summed E-state index contributed by atoms with van der Waals surface area (Å²) in [5.74, 6) is -0.0977. The monoisotopic (exact) mass is 333 g/mol. The Hall–Kier alpha value is -0.580. The van der Waals surface area contributed by atoms with Crippen LogP contribution in [-0.4, -0.2) is 19.1 Å². The second-order valence-corrected chi connectivity index (χ2v) is 5.68. The summed E-state index contributed by atoms with van der Waals surface area (Å²) in [5.41, 5.74) is 0.945. The van der Waals surface area contributed by atoms with Gasteiger partial charge in [0.1, 0.15) is 6.04 Å². The highest BCUT2D eigenvalue weighted by Gasteiger charge is 2.22. The smallest absolute Gasteiger partial charge is 0.323 e. The first-order chi connectivity index (χ1) is 8.45. The van der Waals surface area contributed by atoms with Crippen molar-refractivity contribution in [2.75, 3.05) is 7.11 Å². The highest BCUT2D eigenvalue weighted by molar-refractivity contribution is 9.10. The molecule has 0 aliphatic carbocycles. The Balaban J connectivity index is 2.73. The van der Waals surface area contributed by atoms with Crippen molar-refractivity contribution in [1.29, 1.82) is 0 Å². The summed E-state index contributed by atoms with van der Waals surface area (Å²) in [6, 6.07) is 5.31. The summed E-state index contributed by atoms with van der Waals surface area (Å²) >= 11 is 9.49. The lowest BCUT2D eigenvalue weighted by atomic mass is 10.0. The standard InChI is InChI=1S/C13H17BrClNO2/c1-8(2)12(13(17)18-3)16-7-9-6-10(14)4-5-11(9)15/h4-6,8,12,16H,7H2,1-3H3. The molecule has 0 aromatic heterocycles. The highest BCUT2D eigenvalue weighted by Crippen LogP contribution is 2.21. The Morgan fingerprint density at radius 1 is 1.50 bits per heavy atom. The number of esters is 1. The molecule has 1 rings (SSSR count). The molecule has 1 aromatic carbocycles. The van der Waals surface area contributed by atoms with Crippen LogP contribution < -0.4 is 5.32 Å². The zero-order valence-electron chi connectivity index (χ0n) is 10.7. The molecular formula is C13H17BrClNO2. The van der Waals surface area contributed by atoms with E-state index in [0.717, 1.165) is 10.0 Å². The molecule has 1 aromatic rings. The van der Waals surface area contributed by atoms with E-state index in [4.69, 9.17) is 16.3 Å². The molecule has 0 heterocycles. The number of carbonyl (C=O) groups excluding carboxylic acids is 1. The van der Waals surface area contributed by atoms with E-state index in [9.17, 15) is 4.79 Å². The van der Waals surface area contributed by atoms with Crippen molar-refractivity contribution in [2.45, 2.75) is 26.4 Å². The predicted octanol–water partition coefficient (Wildman–Crippen LogP) is 3.39. The molecular weight excluding hydrogens is 318 g/mol. The van der Waals surface area contributed by atoms with Crippen LogP contribution in [-0.2, 0) is 16.1 Å².